The number of hydrogen-bond donors (Lipinski definition) is 1. The van der Waals surface area contributed by atoms with Crippen LogP contribution in [-0.2, 0) is 20.7 Å². The zero-order valence-electron chi connectivity index (χ0n) is 15.8. The van der Waals surface area contributed by atoms with Gasteiger partial charge in [-0.05, 0) is 24.8 Å². The Kier molecular flexibility index (Phi) is 6.77. The summed E-state index contributed by atoms with van der Waals surface area (Å²) < 4.78 is 5.25. The van der Waals surface area contributed by atoms with Gasteiger partial charge in [-0.2, -0.15) is 0 Å². The lowest BCUT2D eigenvalue weighted by atomic mass is 9.90. The Morgan fingerprint density at radius 2 is 1.88 bits per heavy atom. The molecule has 6 nitrogen and oxygen atoms in total. The SMILES string of the molecule is CC(C)(C)C(=O)C(=O)N1CCCC1COC(=O)NCCc1ccccc1. The number of carbonyl (C=O) groups is 3. The average molecular weight is 360 g/mol. The fourth-order valence-electron chi connectivity index (χ4n) is 2.90. The maximum absolute atomic E-state index is 12.4. The molecule has 1 unspecified atom stereocenters. The Labute approximate surface area is 154 Å². The molecule has 0 spiro atoms. The van der Waals surface area contributed by atoms with Crippen LogP contribution in [0.25, 0.3) is 0 Å². The van der Waals surface area contributed by atoms with Gasteiger partial charge in [0.05, 0.1) is 6.04 Å². The van der Waals surface area contributed by atoms with Crippen molar-refractivity contribution in [2.45, 2.75) is 46.1 Å². The van der Waals surface area contributed by atoms with Crippen molar-refractivity contribution in [3.63, 3.8) is 0 Å². The lowest BCUT2D eigenvalue weighted by Gasteiger charge is -2.26. The zero-order chi connectivity index (χ0) is 19.2. The third-order valence-corrected chi connectivity index (χ3v) is 4.45. The maximum atomic E-state index is 12.4. The smallest absolute Gasteiger partial charge is 0.407 e. The molecule has 1 aromatic carbocycles. The van der Waals surface area contributed by atoms with Gasteiger partial charge < -0.3 is 15.0 Å². The van der Waals surface area contributed by atoms with Crippen LogP contribution in [0.2, 0.25) is 0 Å². The van der Waals surface area contributed by atoms with Crippen molar-refractivity contribution in [1.29, 1.82) is 0 Å². The summed E-state index contributed by atoms with van der Waals surface area (Å²) in [7, 11) is 0. The van der Waals surface area contributed by atoms with Crippen LogP contribution < -0.4 is 5.32 Å². The molecular weight excluding hydrogens is 332 g/mol. The van der Waals surface area contributed by atoms with Gasteiger partial charge in [0.15, 0.2) is 0 Å². The fourth-order valence-corrected chi connectivity index (χ4v) is 2.90. The number of Topliss-reactive ketones (excluding diaryl/α,β-unsaturated/α-hetero) is 1. The molecule has 142 valence electrons. The second-order valence-corrected chi connectivity index (χ2v) is 7.63. The Morgan fingerprint density at radius 3 is 2.54 bits per heavy atom. The van der Waals surface area contributed by atoms with Gasteiger partial charge >= 0.3 is 6.09 Å². The molecule has 2 rings (SSSR count). The summed E-state index contributed by atoms with van der Waals surface area (Å²) >= 11 is 0. The lowest BCUT2D eigenvalue weighted by molar-refractivity contribution is -0.149. The summed E-state index contributed by atoms with van der Waals surface area (Å²) in [5.74, 6) is -0.884. The summed E-state index contributed by atoms with van der Waals surface area (Å²) in [6.07, 6.45) is 1.78. The van der Waals surface area contributed by atoms with Gasteiger partial charge in [0.2, 0.25) is 5.78 Å². The Morgan fingerprint density at radius 1 is 1.19 bits per heavy atom. The van der Waals surface area contributed by atoms with Crippen LogP contribution in [0.1, 0.15) is 39.2 Å². The number of alkyl carbamates (subject to hydrolysis) is 1. The second kappa shape index (κ2) is 8.83. The van der Waals surface area contributed by atoms with E-state index in [2.05, 4.69) is 5.32 Å². The fraction of sp³-hybridized carbons (Fsp3) is 0.550. The lowest BCUT2D eigenvalue weighted by Crippen LogP contribution is -2.46. The number of hydrogen-bond acceptors (Lipinski definition) is 4. The van der Waals surface area contributed by atoms with E-state index in [0.717, 1.165) is 24.8 Å². The highest BCUT2D eigenvalue weighted by atomic mass is 16.5. The van der Waals surface area contributed by atoms with Gasteiger partial charge in [0, 0.05) is 18.5 Å². The topological polar surface area (TPSA) is 75.7 Å². The van der Waals surface area contributed by atoms with E-state index in [9.17, 15) is 14.4 Å². The van der Waals surface area contributed by atoms with Crippen LogP contribution in [-0.4, -0.2) is 48.4 Å². The normalized spacial score (nSPS) is 17.0. The summed E-state index contributed by atoms with van der Waals surface area (Å²) in [6, 6.07) is 9.64. The number of ether oxygens (including phenoxy) is 1. The van der Waals surface area contributed by atoms with E-state index < -0.39 is 23.2 Å². The molecule has 1 aromatic rings. The highest BCUT2D eigenvalue weighted by molar-refractivity contribution is 6.37. The van der Waals surface area contributed by atoms with Gasteiger partial charge in [0.25, 0.3) is 5.91 Å². The predicted molar refractivity (Wildman–Crippen MR) is 98.7 cm³/mol. The number of likely N-dealkylation sites (tertiary alicyclic amines) is 1. The van der Waals surface area contributed by atoms with Crippen LogP contribution in [0, 0.1) is 5.41 Å². The number of nitrogens with zero attached hydrogens (tertiary/aromatic N) is 1. The molecule has 0 saturated carbocycles. The quantitative estimate of drug-likeness (QED) is 0.791. The average Bonchev–Trinajstić information content (AvgIpc) is 3.07. The first-order valence-electron chi connectivity index (χ1n) is 9.09. The molecule has 0 aliphatic carbocycles. The van der Waals surface area contributed by atoms with Crippen molar-refractivity contribution in [3.8, 4) is 0 Å². The predicted octanol–water partition coefficient (Wildman–Crippen LogP) is 2.56. The minimum absolute atomic E-state index is 0.111. The minimum atomic E-state index is -0.708. The van der Waals surface area contributed by atoms with Crippen LogP contribution in [0.5, 0.6) is 0 Å². The molecule has 2 amide bonds. The van der Waals surface area contributed by atoms with E-state index in [4.69, 9.17) is 4.74 Å². The van der Waals surface area contributed by atoms with Crippen molar-refractivity contribution in [2.24, 2.45) is 5.41 Å². The highest BCUT2D eigenvalue weighted by Gasteiger charge is 2.37. The first kappa shape index (κ1) is 19.9. The zero-order valence-corrected chi connectivity index (χ0v) is 15.8. The Bertz CT molecular complexity index is 637. The number of amides is 2. The second-order valence-electron chi connectivity index (χ2n) is 7.63. The van der Waals surface area contributed by atoms with E-state index >= 15 is 0 Å². The van der Waals surface area contributed by atoms with E-state index in [1.54, 1.807) is 25.7 Å². The summed E-state index contributed by atoms with van der Waals surface area (Å²) in [4.78, 5) is 38.0. The first-order chi connectivity index (χ1) is 12.3. The molecule has 0 bridgehead atoms. The van der Waals surface area contributed by atoms with Crippen LogP contribution in [0.15, 0.2) is 30.3 Å². The third-order valence-electron chi connectivity index (χ3n) is 4.45. The van der Waals surface area contributed by atoms with Gasteiger partial charge in [0.1, 0.15) is 6.61 Å². The van der Waals surface area contributed by atoms with Gasteiger partial charge in [-0.1, -0.05) is 51.1 Å². The Balaban J connectivity index is 1.76. The molecule has 1 aliphatic heterocycles. The minimum Gasteiger partial charge on any atom is -0.447 e. The molecule has 1 saturated heterocycles. The largest absolute Gasteiger partial charge is 0.447 e. The molecule has 1 fully saturated rings. The molecule has 1 N–H and O–H groups in total. The van der Waals surface area contributed by atoms with Gasteiger partial charge in [-0.15, -0.1) is 0 Å². The number of rotatable bonds is 6. The molecule has 0 aromatic heterocycles. The molecule has 6 heteroatoms. The monoisotopic (exact) mass is 360 g/mol. The Hall–Kier alpha value is -2.37. The van der Waals surface area contributed by atoms with E-state index in [-0.39, 0.29) is 12.6 Å². The van der Waals surface area contributed by atoms with Crippen molar-refractivity contribution >= 4 is 17.8 Å². The standard InChI is InChI=1S/C20H28N2O4/c1-20(2,3)17(23)18(24)22-13-7-10-16(22)14-26-19(25)21-12-11-15-8-5-4-6-9-15/h4-6,8-9,16H,7,10-14H2,1-3H3,(H,21,25). The summed E-state index contributed by atoms with van der Waals surface area (Å²) in [5, 5.41) is 2.71. The highest BCUT2D eigenvalue weighted by Crippen LogP contribution is 2.22. The molecule has 1 aliphatic rings. The molecule has 1 heterocycles. The molecule has 0 radical (unpaired) electrons. The van der Waals surface area contributed by atoms with Crippen LogP contribution in [0.3, 0.4) is 0 Å². The summed E-state index contributed by atoms with van der Waals surface area (Å²) in [6.45, 7) is 6.32. The number of carbonyl (C=O) groups excluding carboxylic acids is 3. The number of ketones is 1. The third kappa shape index (κ3) is 5.58. The van der Waals surface area contributed by atoms with Gasteiger partial charge in [-0.3, -0.25) is 9.59 Å². The molecule has 1 atom stereocenters. The number of nitrogens with one attached hydrogen (secondary N) is 1. The number of benzene rings is 1. The van der Waals surface area contributed by atoms with Crippen molar-refractivity contribution < 1.29 is 19.1 Å². The van der Waals surface area contributed by atoms with Crippen LogP contribution in [0.4, 0.5) is 4.79 Å². The first-order valence-corrected chi connectivity index (χ1v) is 9.09. The van der Waals surface area contributed by atoms with Gasteiger partial charge in [-0.25, -0.2) is 4.79 Å². The van der Waals surface area contributed by atoms with Crippen LogP contribution >= 0.6 is 0 Å². The summed E-state index contributed by atoms with van der Waals surface area (Å²) in [5.41, 5.74) is 0.431. The van der Waals surface area contributed by atoms with E-state index in [0.29, 0.717) is 13.1 Å². The van der Waals surface area contributed by atoms with Crippen molar-refractivity contribution in [1.82, 2.24) is 10.2 Å². The molecule has 26 heavy (non-hydrogen) atoms. The van der Waals surface area contributed by atoms with Crippen molar-refractivity contribution in [3.05, 3.63) is 35.9 Å². The molecular formula is C20H28N2O4. The maximum Gasteiger partial charge on any atom is 0.407 e. The van der Waals surface area contributed by atoms with Crippen molar-refractivity contribution in [2.75, 3.05) is 19.7 Å². The van der Waals surface area contributed by atoms with E-state index in [1.807, 2.05) is 30.3 Å². The van der Waals surface area contributed by atoms with E-state index in [1.165, 1.54) is 0 Å².